The molecule has 4 atom stereocenters. The van der Waals surface area contributed by atoms with Crippen LogP contribution in [0.15, 0.2) is 0 Å². The Balaban J connectivity index is 2.07. The van der Waals surface area contributed by atoms with Gasteiger partial charge in [0.05, 0.1) is 24.2 Å². The molecule has 0 aromatic heterocycles. The van der Waals surface area contributed by atoms with E-state index in [0.29, 0.717) is 12.3 Å². The second-order valence-corrected chi connectivity index (χ2v) is 5.84. The molecule has 0 unspecified atom stereocenters. The highest BCUT2D eigenvalue weighted by atomic mass is 16.5. The van der Waals surface area contributed by atoms with Gasteiger partial charge in [-0.25, -0.2) is 0 Å². The third-order valence-electron chi connectivity index (χ3n) is 4.02. The van der Waals surface area contributed by atoms with Gasteiger partial charge in [0.15, 0.2) is 0 Å². The molecule has 0 saturated carbocycles. The Kier molecular flexibility index (Phi) is 4.30. The number of hydrogen-bond donors (Lipinski definition) is 2. The largest absolute Gasteiger partial charge is 0.475 e. The van der Waals surface area contributed by atoms with Crippen molar-refractivity contribution in [2.75, 3.05) is 0 Å². The van der Waals surface area contributed by atoms with Crippen molar-refractivity contribution >= 4 is 13.5 Å². The Morgan fingerprint density at radius 2 is 2.17 bits per heavy atom. The van der Waals surface area contributed by atoms with Crippen molar-refractivity contribution in [3.63, 3.8) is 0 Å². The fourth-order valence-corrected chi connectivity index (χ4v) is 3.21. The molecule has 2 aliphatic rings. The van der Waals surface area contributed by atoms with Gasteiger partial charge in [0, 0.05) is 0 Å². The molecule has 0 aromatic carbocycles. The van der Waals surface area contributed by atoms with Crippen LogP contribution >= 0.6 is 0 Å². The van der Waals surface area contributed by atoms with Crippen LogP contribution in [0.4, 0.5) is 0 Å². The van der Waals surface area contributed by atoms with E-state index in [9.17, 15) is 14.8 Å². The molecule has 0 radical (unpaired) electrons. The fourth-order valence-electron chi connectivity index (χ4n) is 3.21. The van der Waals surface area contributed by atoms with Crippen LogP contribution in [0.25, 0.3) is 0 Å². The molecule has 2 saturated heterocycles. The lowest BCUT2D eigenvalue weighted by Crippen LogP contribution is -2.54. The van der Waals surface area contributed by atoms with E-state index in [-0.39, 0.29) is 18.2 Å². The summed E-state index contributed by atoms with van der Waals surface area (Å²) in [6.45, 7) is 4.02. The number of nitrogens with zero attached hydrogens (tertiary/aromatic N) is 1. The topological polar surface area (TPSA) is 70.0 Å². The summed E-state index contributed by atoms with van der Waals surface area (Å²) in [6, 6.07) is 0.00630. The summed E-state index contributed by atoms with van der Waals surface area (Å²) in [7, 11) is -1.49. The van der Waals surface area contributed by atoms with Crippen LogP contribution in [0.2, 0.25) is 0 Å². The Labute approximate surface area is 108 Å². The van der Waals surface area contributed by atoms with E-state index >= 15 is 0 Å². The van der Waals surface area contributed by atoms with Gasteiger partial charge in [-0.15, -0.1) is 0 Å². The van der Waals surface area contributed by atoms with E-state index in [1.807, 2.05) is 13.8 Å². The normalized spacial score (nSPS) is 31.7. The second-order valence-electron chi connectivity index (χ2n) is 5.84. The van der Waals surface area contributed by atoms with Gasteiger partial charge in [-0.2, -0.15) is 0 Å². The molecule has 102 valence electrons. The summed E-state index contributed by atoms with van der Waals surface area (Å²) in [5.41, 5.74) is 0. The molecule has 2 heterocycles. The van der Waals surface area contributed by atoms with Crippen LogP contribution in [0, 0.1) is 5.92 Å². The Morgan fingerprint density at radius 3 is 2.56 bits per heavy atom. The Morgan fingerprint density at radius 1 is 1.44 bits per heavy atom. The molecular weight excluding hydrogens is 233 g/mol. The molecule has 5 nitrogen and oxygen atoms in total. The molecule has 2 N–H and O–H groups in total. The maximum absolute atomic E-state index is 11.3. The number of carbonyl (C=O) groups excluding carboxylic acids is 1. The predicted octanol–water partition coefficient (Wildman–Crippen LogP) is 0.191. The quantitative estimate of drug-likeness (QED) is 0.525. The molecule has 6 heteroatoms. The number of hydrogen-bond acceptors (Lipinski definition) is 4. The molecule has 2 rings (SSSR count). The van der Waals surface area contributed by atoms with Crippen LogP contribution < -0.4 is 0 Å². The standard InChI is InChI=1S/C12H22BNO4/c1-8(2)5-12(13(16)17)14(7-15)10-6-9-3-4-11(10)18-9/h7-12,16-17H,3-6H2,1-2H3/t9-,10-,11+,12+/m1/s1. The van der Waals surface area contributed by atoms with Crippen molar-refractivity contribution in [3.8, 4) is 0 Å². The summed E-state index contributed by atoms with van der Waals surface area (Å²) >= 11 is 0. The van der Waals surface area contributed by atoms with Crippen LogP contribution in [0.3, 0.4) is 0 Å². The first-order valence-electron chi connectivity index (χ1n) is 6.77. The number of ether oxygens (including phenoxy) is 1. The molecule has 2 fully saturated rings. The average molecular weight is 255 g/mol. The highest BCUT2D eigenvalue weighted by Crippen LogP contribution is 2.38. The fraction of sp³-hybridized carbons (Fsp3) is 0.917. The minimum Gasteiger partial charge on any atom is -0.426 e. The lowest BCUT2D eigenvalue weighted by Gasteiger charge is -2.36. The van der Waals surface area contributed by atoms with Gasteiger partial charge in [0.2, 0.25) is 6.41 Å². The Bertz CT molecular complexity index is 300. The first-order chi connectivity index (χ1) is 8.52. The molecule has 1 amide bonds. The minimum absolute atomic E-state index is 0.00630. The van der Waals surface area contributed by atoms with Gasteiger partial charge in [-0.3, -0.25) is 4.79 Å². The minimum atomic E-state index is -1.49. The molecule has 0 spiro atoms. The SMILES string of the molecule is CC(C)C[C@@H](B(O)O)N(C=O)[C@@H]1C[C@H]2CC[C@@H]1O2. The first kappa shape index (κ1) is 13.8. The molecule has 2 aliphatic heterocycles. The number of carbonyl (C=O) groups is 1. The van der Waals surface area contributed by atoms with Crippen molar-refractivity contribution in [1.29, 1.82) is 0 Å². The zero-order valence-electron chi connectivity index (χ0n) is 11.0. The van der Waals surface area contributed by atoms with E-state index < -0.39 is 13.1 Å². The number of amides is 1. The number of fused-ring (bicyclic) bond motifs is 2. The van der Waals surface area contributed by atoms with Crippen molar-refractivity contribution in [3.05, 3.63) is 0 Å². The van der Waals surface area contributed by atoms with Crippen LogP contribution in [0.5, 0.6) is 0 Å². The van der Waals surface area contributed by atoms with Crippen molar-refractivity contribution in [1.82, 2.24) is 4.90 Å². The van der Waals surface area contributed by atoms with E-state index in [1.54, 1.807) is 4.90 Å². The first-order valence-corrected chi connectivity index (χ1v) is 6.77. The number of rotatable bonds is 6. The molecule has 2 bridgehead atoms. The van der Waals surface area contributed by atoms with E-state index in [4.69, 9.17) is 4.74 Å². The second kappa shape index (κ2) is 5.59. The van der Waals surface area contributed by atoms with Gasteiger partial charge in [0.1, 0.15) is 0 Å². The van der Waals surface area contributed by atoms with Crippen LogP contribution in [0.1, 0.15) is 39.5 Å². The van der Waals surface area contributed by atoms with E-state index in [2.05, 4.69) is 0 Å². The highest BCUT2D eigenvalue weighted by Gasteiger charge is 2.46. The van der Waals surface area contributed by atoms with Crippen LogP contribution in [-0.4, -0.2) is 52.7 Å². The van der Waals surface area contributed by atoms with Gasteiger partial charge >= 0.3 is 7.12 Å². The van der Waals surface area contributed by atoms with Crippen molar-refractivity contribution < 1.29 is 19.6 Å². The maximum atomic E-state index is 11.3. The summed E-state index contributed by atoms with van der Waals surface area (Å²) in [4.78, 5) is 12.9. The van der Waals surface area contributed by atoms with Gasteiger partial charge in [-0.1, -0.05) is 13.8 Å². The third-order valence-corrected chi connectivity index (χ3v) is 4.02. The Hall–Kier alpha value is -0.585. The predicted molar refractivity (Wildman–Crippen MR) is 67.6 cm³/mol. The summed E-state index contributed by atoms with van der Waals surface area (Å²) in [5.74, 6) is -0.228. The zero-order chi connectivity index (χ0) is 13.3. The van der Waals surface area contributed by atoms with Crippen LogP contribution in [-0.2, 0) is 9.53 Å². The van der Waals surface area contributed by atoms with Crippen molar-refractivity contribution in [2.24, 2.45) is 5.92 Å². The molecule has 0 aliphatic carbocycles. The van der Waals surface area contributed by atoms with E-state index in [0.717, 1.165) is 25.7 Å². The maximum Gasteiger partial charge on any atom is 0.475 e. The van der Waals surface area contributed by atoms with Gasteiger partial charge in [-0.05, 0) is 31.6 Å². The van der Waals surface area contributed by atoms with E-state index in [1.165, 1.54) is 0 Å². The highest BCUT2D eigenvalue weighted by molar-refractivity contribution is 6.43. The lowest BCUT2D eigenvalue weighted by molar-refractivity contribution is -0.123. The average Bonchev–Trinajstić information content (AvgIpc) is 2.90. The third kappa shape index (κ3) is 2.70. The smallest absolute Gasteiger partial charge is 0.426 e. The van der Waals surface area contributed by atoms with Gasteiger partial charge < -0.3 is 19.7 Å². The molecular formula is C12H22BNO4. The zero-order valence-corrected chi connectivity index (χ0v) is 11.0. The summed E-state index contributed by atoms with van der Waals surface area (Å²) in [6.07, 6.45) is 4.52. The lowest BCUT2D eigenvalue weighted by atomic mass is 9.73. The monoisotopic (exact) mass is 255 g/mol. The molecule has 0 aromatic rings. The molecule has 18 heavy (non-hydrogen) atoms. The summed E-state index contributed by atoms with van der Waals surface area (Å²) < 4.78 is 5.74. The summed E-state index contributed by atoms with van der Waals surface area (Å²) in [5, 5.41) is 19.0. The van der Waals surface area contributed by atoms with Gasteiger partial charge in [0.25, 0.3) is 0 Å². The van der Waals surface area contributed by atoms with Crippen molar-refractivity contribution in [2.45, 2.75) is 63.7 Å².